The average molecular weight is 291 g/mol. The van der Waals surface area contributed by atoms with Crippen molar-refractivity contribution in [3.8, 4) is 0 Å². The van der Waals surface area contributed by atoms with Gasteiger partial charge in [0.1, 0.15) is 11.6 Å². The van der Waals surface area contributed by atoms with Gasteiger partial charge in [-0.25, -0.2) is 8.78 Å². The minimum Gasteiger partial charge on any atom is -0.314 e. The van der Waals surface area contributed by atoms with Crippen molar-refractivity contribution in [1.29, 1.82) is 0 Å². The van der Waals surface area contributed by atoms with E-state index in [9.17, 15) is 8.78 Å². The SMILES string of the molecule is CCNC(Cc1c(F)cccc1F)C1C2C3CCC(C3)C21. The summed E-state index contributed by atoms with van der Waals surface area (Å²) in [6.07, 6.45) is 4.67. The zero-order valence-electron chi connectivity index (χ0n) is 12.5. The third-order valence-corrected chi connectivity index (χ3v) is 6.21. The van der Waals surface area contributed by atoms with E-state index in [1.54, 1.807) is 0 Å². The molecule has 1 aromatic carbocycles. The first-order valence-electron chi connectivity index (χ1n) is 8.37. The Morgan fingerprint density at radius 3 is 2.33 bits per heavy atom. The van der Waals surface area contributed by atoms with E-state index < -0.39 is 11.6 Å². The summed E-state index contributed by atoms with van der Waals surface area (Å²) in [6.45, 7) is 2.95. The summed E-state index contributed by atoms with van der Waals surface area (Å²) in [5.74, 6) is 3.33. The van der Waals surface area contributed by atoms with Crippen LogP contribution in [0.25, 0.3) is 0 Å². The van der Waals surface area contributed by atoms with Gasteiger partial charge >= 0.3 is 0 Å². The zero-order chi connectivity index (χ0) is 14.6. The number of rotatable bonds is 5. The Balaban J connectivity index is 1.54. The van der Waals surface area contributed by atoms with Gasteiger partial charge < -0.3 is 5.32 Å². The van der Waals surface area contributed by atoms with Crippen molar-refractivity contribution in [2.75, 3.05) is 6.54 Å². The van der Waals surface area contributed by atoms with E-state index in [1.165, 1.54) is 37.5 Å². The molecule has 3 fully saturated rings. The Morgan fingerprint density at radius 1 is 1.14 bits per heavy atom. The van der Waals surface area contributed by atoms with Crippen LogP contribution in [0.15, 0.2) is 18.2 Å². The first kappa shape index (κ1) is 13.7. The first-order chi connectivity index (χ1) is 10.2. The molecule has 1 nitrogen and oxygen atoms in total. The number of hydrogen-bond acceptors (Lipinski definition) is 1. The lowest BCUT2D eigenvalue weighted by atomic mass is 9.93. The standard InChI is InChI=1S/C18H23F2N/c1-2-21-15(9-12-13(19)4-3-5-14(12)20)18-16-10-6-7-11(8-10)17(16)18/h3-5,10-11,15-18,21H,2,6-9H2,1H3. The van der Waals surface area contributed by atoms with Crippen molar-refractivity contribution in [1.82, 2.24) is 5.32 Å². The minimum absolute atomic E-state index is 0.236. The fourth-order valence-corrected chi connectivity index (χ4v) is 5.48. The van der Waals surface area contributed by atoms with Crippen molar-refractivity contribution in [2.24, 2.45) is 29.6 Å². The lowest BCUT2D eigenvalue weighted by molar-refractivity contribution is 0.359. The second-order valence-electron chi connectivity index (χ2n) is 7.13. The van der Waals surface area contributed by atoms with Gasteiger partial charge in [0.05, 0.1) is 0 Å². The molecule has 0 radical (unpaired) electrons. The van der Waals surface area contributed by atoms with E-state index in [4.69, 9.17) is 0 Å². The highest BCUT2D eigenvalue weighted by Crippen LogP contribution is 2.70. The predicted molar refractivity (Wildman–Crippen MR) is 78.8 cm³/mol. The fourth-order valence-electron chi connectivity index (χ4n) is 5.48. The van der Waals surface area contributed by atoms with Crippen LogP contribution < -0.4 is 5.32 Å². The van der Waals surface area contributed by atoms with Crippen molar-refractivity contribution in [2.45, 2.75) is 38.6 Å². The molecule has 114 valence electrons. The number of benzene rings is 1. The molecule has 3 saturated carbocycles. The molecule has 3 aliphatic carbocycles. The Morgan fingerprint density at radius 2 is 1.76 bits per heavy atom. The molecule has 0 amide bonds. The number of hydrogen-bond donors (Lipinski definition) is 1. The van der Waals surface area contributed by atoms with Gasteiger partial charge in [-0.15, -0.1) is 0 Å². The molecule has 5 atom stereocenters. The van der Waals surface area contributed by atoms with E-state index in [0.717, 1.165) is 30.2 Å². The molecular formula is C18H23F2N. The summed E-state index contributed by atoms with van der Waals surface area (Å²) in [6, 6.07) is 4.43. The van der Waals surface area contributed by atoms with Gasteiger partial charge in [-0.3, -0.25) is 0 Å². The lowest BCUT2D eigenvalue weighted by Gasteiger charge is -2.22. The zero-order valence-corrected chi connectivity index (χ0v) is 12.5. The summed E-state index contributed by atoms with van der Waals surface area (Å²) in [4.78, 5) is 0. The van der Waals surface area contributed by atoms with Gasteiger partial charge in [0.15, 0.2) is 0 Å². The van der Waals surface area contributed by atoms with Crippen LogP contribution in [0.4, 0.5) is 8.78 Å². The number of likely N-dealkylation sites (N-methyl/N-ethyl adjacent to an activating group) is 1. The average Bonchev–Trinajstić information content (AvgIpc) is 2.89. The first-order valence-corrected chi connectivity index (χ1v) is 8.37. The molecule has 0 saturated heterocycles. The maximum absolute atomic E-state index is 13.9. The predicted octanol–water partition coefficient (Wildman–Crippen LogP) is 3.78. The molecule has 1 aromatic rings. The van der Waals surface area contributed by atoms with Crippen LogP contribution >= 0.6 is 0 Å². The van der Waals surface area contributed by atoms with E-state index >= 15 is 0 Å². The quantitative estimate of drug-likeness (QED) is 0.870. The third kappa shape index (κ3) is 2.12. The van der Waals surface area contributed by atoms with Gasteiger partial charge in [-0.2, -0.15) is 0 Å². The maximum atomic E-state index is 13.9. The lowest BCUT2D eigenvalue weighted by Crippen LogP contribution is -2.35. The fraction of sp³-hybridized carbons (Fsp3) is 0.667. The highest BCUT2D eigenvalue weighted by atomic mass is 19.1. The highest BCUT2D eigenvalue weighted by Gasteiger charge is 2.66. The third-order valence-electron chi connectivity index (χ3n) is 6.21. The number of nitrogens with one attached hydrogen (secondary N) is 1. The van der Waals surface area contributed by atoms with Crippen LogP contribution in [0, 0.1) is 41.2 Å². The Bertz CT molecular complexity index is 508. The normalized spacial score (nSPS) is 37.6. The van der Waals surface area contributed by atoms with Crippen molar-refractivity contribution < 1.29 is 8.78 Å². The monoisotopic (exact) mass is 291 g/mol. The highest BCUT2D eigenvalue weighted by molar-refractivity contribution is 5.23. The smallest absolute Gasteiger partial charge is 0.129 e. The summed E-state index contributed by atoms with van der Waals surface area (Å²) in [7, 11) is 0. The molecule has 0 aliphatic heterocycles. The topological polar surface area (TPSA) is 12.0 Å². The van der Waals surface area contributed by atoms with Crippen molar-refractivity contribution in [3.63, 3.8) is 0 Å². The van der Waals surface area contributed by atoms with E-state index in [-0.39, 0.29) is 11.6 Å². The molecule has 21 heavy (non-hydrogen) atoms. The van der Waals surface area contributed by atoms with Gasteiger partial charge in [-0.1, -0.05) is 13.0 Å². The van der Waals surface area contributed by atoms with E-state index in [1.807, 2.05) is 0 Å². The van der Waals surface area contributed by atoms with E-state index in [2.05, 4.69) is 12.2 Å². The summed E-state index contributed by atoms with van der Waals surface area (Å²) in [5, 5.41) is 3.51. The van der Waals surface area contributed by atoms with E-state index in [0.29, 0.717) is 12.3 Å². The maximum Gasteiger partial charge on any atom is 0.129 e. The van der Waals surface area contributed by atoms with Gasteiger partial charge in [-0.05, 0) is 74.0 Å². The van der Waals surface area contributed by atoms with Crippen LogP contribution in [0.5, 0.6) is 0 Å². The molecule has 4 rings (SSSR count). The summed E-state index contributed by atoms with van der Waals surface area (Å²) >= 11 is 0. The Kier molecular flexibility index (Phi) is 3.29. The molecule has 5 unspecified atom stereocenters. The summed E-state index contributed by atoms with van der Waals surface area (Å²) in [5.41, 5.74) is 0.265. The number of halogens is 2. The van der Waals surface area contributed by atoms with Gasteiger partial charge in [0, 0.05) is 11.6 Å². The van der Waals surface area contributed by atoms with Crippen LogP contribution in [-0.2, 0) is 6.42 Å². The van der Waals surface area contributed by atoms with Crippen LogP contribution in [0.2, 0.25) is 0 Å². The van der Waals surface area contributed by atoms with Crippen molar-refractivity contribution in [3.05, 3.63) is 35.4 Å². The Labute approximate surface area is 125 Å². The molecule has 1 N–H and O–H groups in total. The van der Waals surface area contributed by atoms with Crippen molar-refractivity contribution >= 4 is 0 Å². The largest absolute Gasteiger partial charge is 0.314 e. The van der Waals surface area contributed by atoms with Gasteiger partial charge in [0.25, 0.3) is 0 Å². The second-order valence-corrected chi connectivity index (χ2v) is 7.13. The molecule has 2 bridgehead atoms. The Hall–Kier alpha value is -0.960. The van der Waals surface area contributed by atoms with Gasteiger partial charge in [0.2, 0.25) is 0 Å². The molecule has 0 heterocycles. The number of fused-ring (bicyclic) bond motifs is 5. The minimum atomic E-state index is -0.397. The molecule has 0 spiro atoms. The molecular weight excluding hydrogens is 268 g/mol. The molecule has 3 aliphatic rings. The second kappa shape index (κ2) is 5.05. The van der Waals surface area contributed by atoms with Crippen LogP contribution in [0.3, 0.4) is 0 Å². The summed E-state index contributed by atoms with van der Waals surface area (Å²) < 4.78 is 27.8. The van der Waals surface area contributed by atoms with Crippen LogP contribution in [-0.4, -0.2) is 12.6 Å². The molecule has 0 aromatic heterocycles. The molecule has 3 heteroatoms. The van der Waals surface area contributed by atoms with Crippen LogP contribution in [0.1, 0.15) is 31.7 Å².